The summed E-state index contributed by atoms with van der Waals surface area (Å²) in [5.41, 5.74) is 1.02. The molecule has 1 aromatic carbocycles. The number of benzene rings is 1. The summed E-state index contributed by atoms with van der Waals surface area (Å²) >= 11 is 0. The largest absolute Gasteiger partial charge is 0.357 e. The number of guanidine groups is 1. The number of aromatic nitrogens is 2. The Hall–Kier alpha value is -1.99. The van der Waals surface area contributed by atoms with Crippen LogP contribution in [0.1, 0.15) is 12.5 Å². The van der Waals surface area contributed by atoms with Crippen LogP contribution in [0.25, 0.3) is 0 Å². The Morgan fingerprint density at radius 2 is 1.74 bits per heavy atom. The van der Waals surface area contributed by atoms with Crippen molar-refractivity contribution in [2.45, 2.75) is 18.7 Å². The van der Waals surface area contributed by atoms with Crippen molar-refractivity contribution in [3.05, 3.63) is 48.3 Å². The van der Waals surface area contributed by atoms with Crippen LogP contribution in [0.3, 0.4) is 0 Å². The maximum absolute atomic E-state index is 12.4. The highest BCUT2D eigenvalue weighted by Crippen LogP contribution is 2.11. The Morgan fingerprint density at radius 1 is 1.10 bits per heavy atom. The second kappa shape index (κ2) is 12.2. The third-order valence-corrected chi connectivity index (χ3v) is 6.22. The zero-order chi connectivity index (χ0) is 21.4. The molecular formula is C20H30IN7O2S. The second-order valence-electron chi connectivity index (χ2n) is 6.97. The first kappa shape index (κ1) is 25.3. The van der Waals surface area contributed by atoms with E-state index in [-0.39, 0.29) is 35.4 Å². The lowest BCUT2D eigenvalue weighted by Crippen LogP contribution is -2.53. The molecule has 0 amide bonds. The Balaban J connectivity index is 0.00000341. The van der Waals surface area contributed by atoms with Crippen molar-refractivity contribution in [2.75, 3.05) is 50.7 Å². The minimum Gasteiger partial charge on any atom is -0.357 e. The zero-order valence-electron chi connectivity index (χ0n) is 17.9. The van der Waals surface area contributed by atoms with E-state index in [1.165, 1.54) is 0 Å². The highest BCUT2D eigenvalue weighted by Gasteiger charge is 2.21. The summed E-state index contributed by atoms with van der Waals surface area (Å²) in [6, 6.07) is 8.61. The van der Waals surface area contributed by atoms with E-state index in [9.17, 15) is 8.42 Å². The summed E-state index contributed by atoms with van der Waals surface area (Å²) in [5, 5.41) is 3.29. The number of halogens is 1. The highest BCUT2D eigenvalue weighted by atomic mass is 127. The van der Waals surface area contributed by atoms with Gasteiger partial charge in [0.1, 0.15) is 0 Å². The van der Waals surface area contributed by atoms with Gasteiger partial charge in [-0.15, -0.1) is 24.0 Å². The quantitative estimate of drug-likeness (QED) is 0.229. The van der Waals surface area contributed by atoms with Crippen LogP contribution < -0.4 is 14.9 Å². The van der Waals surface area contributed by atoms with Crippen LogP contribution in [-0.2, 0) is 10.0 Å². The lowest BCUT2D eigenvalue weighted by atomic mass is 10.2. The number of piperazine rings is 1. The average molecular weight is 559 g/mol. The minimum absolute atomic E-state index is 0. The van der Waals surface area contributed by atoms with Gasteiger partial charge in [0.2, 0.25) is 16.0 Å². The summed E-state index contributed by atoms with van der Waals surface area (Å²) in [6.07, 6.45) is 3.50. The molecule has 1 aromatic heterocycles. The van der Waals surface area contributed by atoms with Crippen LogP contribution in [0.4, 0.5) is 5.95 Å². The van der Waals surface area contributed by atoms with Crippen molar-refractivity contribution in [3.8, 4) is 0 Å². The normalized spacial score (nSPS) is 14.8. The molecule has 3 rings (SSSR count). The van der Waals surface area contributed by atoms with Crippen molar-refractivity contribution in [3.63, 3.8) is 0 Å². The molecule has 0 saturated carbocycles. The van der Waals surface area contributed by atoms with Gasteiger partial charge >= 0.3 is 0 Å². The van der Waals surface area contributed by atoms with Crippen molar-refractivity contribution in [2.24, 2.45) is 4.99 Å². The predicted octanol–water partition coefficient (Wildman–Crippen LogP) is 1.47. The Morgan fingerprint density at radius 3 is 2.35 bits per heavy atom. The minimum atomic E-state index is -3.52. The molecule has 0 spiro atoms. The monoisotopic (exact) mass is 559 g/mol. The molecule has 0 atom stereocenters. The molecule has 0 aliphatic carbocycles. The number of aryl methyl sites for hydroxylation is 1. The SMILES string of the molecule is CCNC(=NCCNS(=O)(=O)c1ccc(C)cc1)N1CCN(c2ncccn2)CC1.I. The molecule has 31 heavy (non-hydrogen) atoms. The predicted molar refractivity (Wildman–Crippen MR) is 134 cm³/mol. The van der Waals surface area contributed by atoms with Gasteiger partial charge in [-0.05, 0) is 32.0 Å². The summed E-state index contributed by atoms with van der Waals surface area (Å²) in [4.78, 5) is 17.8. The van der Waals surface area contributed by atoms with E-state index in [0.29, 0.717) is 6.54 Å². The fourth-order valence-corrected chi connectivity index (χ4v) is 4.16. The molecule has 1 saturated heterocycles. The molecule has 0 radical (unpaired) electrons. The average Bonchev–Trinajstić information content (AvgIpc) is 2.77. The Kier molecular flexibility index (Phi) is 9.91. The first-order valence-corrected chi connectivity index (χ1v) is 11.6. The number of hydrogen-bond acceptors (Lipinski definition) is 6. The maximum atomic E-state index is 12.4. The van der Waals surface area contributed by atoms with Gasteiger partial charge in [-0.3, -0.25) is 4.99 Å². The number of rotatable bonds is 7. The lowest BCUT2D eigenvalue weighted by molar-refractivity contribution is 0.370. The van der Waals surface area contributed by atoms with Crippen molar-refractivity contribution < 1.29 is 8.42 Å². The van der Waals surface area contributed by atoms with E-state index in [1.807, 2.05) is 19.9 Å². The zero-order valence-corrected chi connectivity index (χ0v) is 21.0. The van der Waals surface area contributed by atoms with Crippen LogP contribution in [0.15, 0.2) is 52.6 Å². The topological polar surface area (TPSA) is 103 Å². The van der Waals surface area contributed by atoms with E-state index in [1.54, 1.807) is 36.7 Å². The lowest BCUT2D eigenvalue weighted by Gasteiger charge is -2.36. The Labute approximate surface area is 201 Å². The van der Waals surface area contributed by atoms with E-state index in [2.05, 4.69) is 34.8 Å². The first-order valence-electron chi connectivity index (χ1n) is 10.1. The van der Waals surface area contributed by atoms with Gasteiger partial charge in [0.05, 0.1) is 11.4 Å². The smallest absolute Gasteiger partial charge is 0.240 e. The van der Waals surface area contributed by atoms with Crippen LogP contribution in [0.5, 0.6) is 0 Å². The Bertz CT molecular complexity index is 932. The fraction of sp³-hybridized carbons (Fsp3) is 0.450. The van der Waals surface area contributed by atoms with E-state index < -0.39 is 10.0 Å². The standard InChI is InChI=1S/C20H29N7O2S.HI/c1-3-21-19(26-13-15-27(16-14-26)20-22-9-4-10-23-20)24-11-12-25-30(28,29)18-7-5-17(2)6-8-18;/h4-10,25H,3,11-16H2,1-2H3,(H,21,24);1H. The number of anilines is 1. The van der Waals surface area contributed by atoms with Crippen LogP contribution >= 0.6 is 24.0 Å². The second-order valence-corrected chi connectivity index (χ2v) is 8.74. The van der Waals surface area contributed by atoms with E-state index in [0.717, 1.165) is 50.2 Å². The first-order chi connectivity index (χ1) is 14.5. The third-order valence-electron chi connectivity index (χ3n) is 4.75. The van der Waals surface area contributed by atoms with Gasteiger partial charge in [0, 0.05) is 51.7 Å². The molecule has 11 heteroatoms. The molecule has 2 aromatic rings. The molecule has 1 aliphatic heterocycles. The molecule has 2 heterocycles. The molecular weight excluding hydrogens is 529 g/mol. The van der Waals surface area contributed by atoms with Crippen LogP contribution in [0, 0.1) is 6.92 Å². The fourth-order valence-electron chi connectivity index (χ4n) is 3.14. The summed E-state index contributed by atoms with van der Waals surface area (Å²) in [7, 11) is -3.52. The highest BCUT2D eigenvalue weighted by molar-refractivity contribution is 14.0. The number of aliphatic imine (C=N–C) groups is 1. The molecule has 170 valence electrons. The third kappa shape index (κ3) is 7.28. The van der Waals surface area contributed by atoms with Gasteiger partial charge in [-0.2, -0.15) is 0 Å². The number of hydrogen-bond donors (Lipinski definition) is 2. The number of nitrogens with zero attached hydrogens (tertiary/aromatic N) is 5. The van der Waals surface area contributed by atoms with Crippen molar-refractivity contribution in [1.82, 2.24) is 24.9 Å². The number of sulfonamides is 1. The van der Waals surface area contributed by atoms with E-state index >= 15 is 0 Å². The molecule has 1 fully saturated rings. The number of nitrogens with one attached hydrogen (secondary N) is 2. The van der Waals surface area contributed by atoms with E-state index in [4.69, 9.17) is 0 Å². The molecule has 0 bridgehead atoms. The molecule has 1 aliphatic rings. The van der Waals surface area contributed by atoms with Crippen LogP contribution in [-0.4, -0.2) is 75.1 Å². The van der Waals surface area contributed by atoms with Gasteiger partial charge in [-0.25, -0.2) is 23.1 Å². The van der Waals surface area contributed by atoms with Gasteiger partial charge < -0.3 is 15.1 Å². The maximum Gasteiger partial charge on any atom is 0.240 e. The molecule has 9 nitrogen and oxygen atoms in total. The summed E-state index contributed by atoms with van der Waals surface area (Å²) < 4.78 is 27.4. The molecule has 2 N–H and O–H groups in total. The van der Waals surface area contributed by atoms with Gasteiger partial charge in [0.15, 0.2) is 5.96 Å². The van der Waals surface area contributed by atoms with Crippen LogP contribution in [0.2, 0.25) is 0 Å². The summed E-state index contributed by atoms with van der Waals surface area (Å²) in [6.45, 7) is 8.47. The van der Waals surface area contributed by atoms with Crippen molar-refractivity contribution in [1.29, 1.82) is 0 Å². The van der Waals surface area contributed by atoms with Gasteiger partial charge in [0.25, 0.3) is 0 Å². The summed E-state index contributed by atoms with van der Waals surface area (Å²) in [5.74, 6) is 1.53. The molecule has 0 unspecified atom stereocenters. The van der Waals surface area contributed by atoms with Gasteiger partial charge in [-0.1, -0.05) is 17.7 Å². The van der Waals surface area contributed by atoms with Crippen molar-refractivity contribution >= 4 is 45.9 Å².